The van der Waals surface area contributed by atoms with Crippen LogP contribution in [0.1, 0.15) is 32.6 Å². The van der Waals surface area contributed by atoms with Gasteiger partial charge in [-0.15, -0.1) is 0 Å². The number of likely N-dealkylation sites (tertiary alicyclic amines) is 1. The molecule has 0 unspecified atom stereocenters. The summed E-state index contributed by atoms with van der Waals surface area (Å²) in [6.07, 6.45) is 3.19. The number of hydrogen-bond acceptors (Lipinski definition) is 4. The Morgan fingerprint density at radius 1 is 1.12 bits per heavy atom. The molecule has 1 aromatic rings. The van der Waals surface area contributed by atoms with Gasteiger partial charge < -0.3 is 19.7 Å². The molecular formula is C20H26N2O4. The van der Waals surface area contributed by atoms with Gasteiger partial charge in [-0.1, -0.05) is 18.2 Å². The molecule has 2 aliphatic heterocycles. The monoisotopic (exact) mass is 358 g/mol. The van der Waals surface area contributed by atoms with E-state index in [1.54, 1.807) is 6.92 Å². The second kappa shape index (κ2) is 8.74. The van der Waals surface area contributed by atoms with Crippen LogP contribution in [0.4, 0.5) is 5.69 Å². The minimum atomic E-state index is -0.0810. The number of nitrogens with zero attached hydrogens (tertiary/aromatic N) is 1. The van der Waals surface area contributed by atoms with E-state index in [0.29, 0.717) is 50.2 Å². The van der Waals surface area contributed by atoms with Gasteiger partial charge >= 0.3 is 0 Å². The summed E-state index contributed by atoms with van der Waals surface area (Å²) >= 11 is 0. The van der Waals surface area contributed by atoms with Crippen LogP contribution in [0.5, 0.6) is 0 Å². The topological polar surface area (TPSA) is 67.9 Å². The molecule has 1 N–H and O–H groups in total. The zero-order chi connectivity index (χ0) is 18.4. The second-order valence-electron chi connectivity index (χ2n) is 6.77. The molecule has 0 radical (unpaired) electrons. The first kappa shape index (κ1) is 18.3. The highest BCUT2D eigenvalue weighted by atomic mass is 16.6. The summed E-state index contributed by atoms with van der Waals surface area (Å²) in [5.41, 5.74) is 0.830. The summed E-state index contributed by atoms with van der Waals surface area (Å²) < 4.78 is 10.9. The first-order chi connectivity index (χ1) is 12.6. The third-order valence-corrected chi connectivity index (χ3v) is 4.90. The van der Waals surface area contributed by atoms with Gasteiger partial charge in [-0.25, -0.2) is 0 Å². The zero-order valence-corrected chi connectivity index (χ0v) is 15.2. The third kappa shape index (κ3) is 4.77. The van der Waals surface area contributed by atoms with Crippen LogP contribution in [-0.2, 0) is 19.1 Å². The van der Waals surface area contributed by atoms with E-state index in [9.17, 15) is 9.59 Å². The van der Waals surface area contributed by atoms with Gasteiger partial charge in [0.2, 0.25) is 11.7 Å². The van der Waals surface area contributed by atoms with Crippen LogP contribution in [0.2, 0.25) is 0 Å². The summed E-state index contributed by atoms with van der Waals surface area (Å²) in [7, 11) is 0. The van der Waals surface area contributed by atoms with Crippen molar-refractivity contribution in [3.05, 3.63) is 41.9 Å². The van der Waals surface area contributed by atoms with Crippen molar-refractivity contribution in [1.82, 2.24) is 4.90 Å². The largest absolute Gasteiger partial charge is 0.491 e. The van der Waals surface area contributed by atoms with Crippen LogP contribution in [0.15, 0.2) is 41.9 Å². The fraction of sp³-hybridized carbons (Fsp3) is 0.500. The Balaban J connectivity index is 1.41. The number of piperidine rings is 1. The summed E-state index contributed by atoms with van der Waals surface area (Å²) in [6.45, 7) is 4.08. The molecule has 0 aliphatic carbocycles. The average Bonchev–Trinajstić information content (AvgIpc) is 2.67. The molecule has 26 heavy (non-hydrogen) atoms. The summed E-state index contributed by atoms with van der Waals surface area (Å²) in [6, 6.07) is 9.50. The van der Waals surface area contributed by atoms with Crippen LogP contribution < -0.4 is 5.32 Å². The molecule has 2 aliphatic rings. The van der Waals surface area contributed by atoms with E-state index in [4.69, 9.17) is 9.47 Å². The van der Waals surface area contributed by atoms with Crippen molar-refractivity contribution in [1.29, 1.82) is 0 Å². The molecule has 2 amide bonds. The number of nitrogens with one attached hydrogen (secondary N) is 1. The lowest BCUT2D eigenvalue weighted by Crippen LogP contribution is -2.40. The molecule has 0 bridgehead atoms. The van der Waals surface area contributed by atoms with Gasteiger partial charge in [0, 0.05) is 25.2 Å². The predicted octanol–water partition coefficient (Wildman–Crippen LogP) is 2.92. The lowest BCUT2D eigenvalue weighted by molar-refractivity contribution is -0.134. The van der Waals surface area contributed by atoms with E-state index in [1.807, 2.05) is 35.2 Å². The van der Waals surface area contributed by atoms with Gasteiger partial charge in [-0.3, -0.25) is 9.59 Å². The number of benzene rings is 1. The SMILES string of the molecule is CC1=C(C(=O)N2CCC(CCC(=O)Nc3ccccc3)CC2)OCCO1. The highest BCUT2D eigenvalue weighted by Gasteiger charge is 2.29. The molecule has 2 heterocycles. The minimum Gasteiger partial charge on any atom is -0.491 e. The van der Waals surface area contributed by atoms with Crippen molar-refractivity contribution >= 4 is 17.5 Å². The molecular weight excluding hydrogens is 332 g/mol. The molecule has 1 aromatic carbocycles. The van der Waals surface area contributed by atoms with E-state index in [1.165, 1.54) is 0 Å². The zero-order valence-electron chi connectivity index (χ0n) is 15.2. The van der Waals surface area contributed by atoms with Crippen molar-refractivity contribution in [3.63, 3.8) is 0 Å². The van der Waals surface area contributed by atoms with Gasteiger partial charge in [0.15, 0.2) is 0 Å². The minimum absolute atomic E-state index is 0.0447. The molecule has 0 spiro atoms. The van der Waals surface area contributed by atoms with Crippen LogP contribution in [0.3, 0.4) is 0 Å². The number of para-hydroxylation sites is 1. The number of ether oxygens (including phenoxy) is 2. The fourth-order valence-electron chi connectivity index (χ4n) is 3.37. The van der Waals surface area contributed by atoms with E-state index in [-0.39, 0.29) is 11.8 Å². The van der Waals surface area contributed by atoms with Crippen molar-refractivity contribution in [2.45, 2.75) is 32.6 Å². The normalized spacial score (nSPS) is 18.1. The van der Waals surface area contributed by atoms with Crippen LogP contribution >= 0.6 is 0 Å². The highest BCUT2D eigenvalue weighted by Crippen LogP contribution is 2.25. The maximum absolute atomic E-state index is 12.5. The molecule has 0 saturated carbocycles. The van der Waals surface area contributed by atoms with Crippen LogP contribution in [-0.4, -0.2) is 43.0 Å². The van der Waals surface area contributed by atoms with Crippen molar-refractivity contribution in [2.24, 2.45) is 5.92 Å². The first-order valence-electron chi connectivity index (χ1n) is 9.24. The van der Waals surface area contributed by atoms with Gasteiger partial charge in [-0.2, -0.15) is 0 Å². The standard InChI is InChI=1S/C20H26N2O4/c1-15-19(26-14-13-25-15)20(24)22-11-9-16(10-12-22)7-8-18(23)21-17-5-3-2-4-6-17/h2-6,16H,7-14H2,1H3,(H,21,23). The van der Waals surface area contributed by atoms with Gasteiger partial charge in [0.1, 0.15) is 19.0 Å². The molecule has 1 fully saturated rings. The molecule has 6 nitrogen and oxygen atoms in total. The fourth-order valence-corrected chi connectivity index (χ4v) is 3.37. The third-order valence-electron chi connectivity index (χ3n) is 4.90. The van der Waals surface area contributed by atoms with Crippen molar-refractivity contribution < 1.29 is 19.1 Å². The maximum atomic E-state index is 12.5. The molecule has 6 heteroatoms. The molecule has 3 rings (SSSR count). The summed E-state index contributed by atoms with van der Waals surface area (Å²) in [5.74, 6) is 1.35. The van der Waals surface area contributed by atoms with Crippen LogP contribution in [0.25, 0.3) is 0 Å². The number of anilines is 1. The molecule has 1 saturated heterocycles. The van der Waals surface area contributed by atoms with E-state index < -0.39 is 0 Å². The van der Waals surface area contributed by atoms with Crippen molar-refractivity contribution in [2.75, 3.05) is 31.6 Å². The van der Waals surface area contributed by atoms with Gasteiger partial charge in [0.05, 0.1) is 0 Å². The number of rotatable bonds is 5. The van der Waals surface area contributed by atoms with Gasteiger partial charge in [0.25, 0.3) is 5.91 Å². The molecule has 140 valence electrons. The van der Waals surface area contributed by atoms with Gasteiger partial charge in [-0.05, 0) is 44.2 Å². The van der Waals surface area contributed by atoms with Crippen LogP contribution in [0, 0.1) is 5.92 Å². The lowest BCUT2D eigenvalue weighted by atomic mass is 9.92. The number of amides is 2. The first-order valence-corrected chi connectivity index (χ1v) is 9.24. The Morgan fingerprint density at radius 2 is 1.81 bits per heavy atom. The Hall–Kier alpha value is -2.50. The smallest absolute Gasteiger partial charge is 0.292 e. The quantitative estimate of drug-likeness (QED) is 0.879. The summed E-state index contributed by atoms with van der Waals surface area (Å²) in [5, 5.41) is 2.92. The Bertz CT molecular complexity index is 664. The molecule has 0 atom stereocenters. The number of carbonyl (C=O) groups is 2. The lowest BCUT2D eigenvalue weighted by Gasteiger charge is -2.33. The van der Waals surface area contributed by atoms with E-state index in [2.05, 4.69) is 5.32 Å². The molecule has 0 aromatic heterocycles. The predicted molar refractivity (Wildman–Crippen MR) is 98.2 cm³/mol. The number of allylic oxidation sites excluding steroid dienone is 1. The van der Waals surface area contributed by atoms with E-state index >= 15 is 0 Å². The number of carbonyl (C=O) groups excluding carboxylic acids is 2. The van der Waals surface area contributed by atoms with Crippen molar-refractivity contribution in [3.8, 4) is 0 Å². The Kier molecular flexibility index (Phi) is 6.15. The Labute approximate surface area is 154 Å². The highest BCUT2D eigenvalue weighted by molar-refractivity contribution is 5.92. The summed E-state index contributed by atoms with van der Waals surface area (Å²) in [4.78, 5) is 26.4. The second-order valence-corrected chi connectivity index (χ2v) is 6.77. The average molecular weight is 358 g/mol. The Morgan fingerprint density at radius 3 is 2.50 bits per heavy atom. The number of hydrogen-bond donors (Lipinski definition) is 1. The van der Waals surface area contributed by atoms with E-state index in [0.717, 1.165) is 24.9 Å². The maximum Gasteiger partial charge on any atom is 0.292 e.